The van der Waals surface area contributed by atoms with Gasteiger partial charge in [0.05, 0.1) is 5.92 Å². The summed E-state index contributed by atoms with van der Waals surface area (Å²) in [5, 5.41) is 3.06. The summed E-state index contributed by atoms with van der Waals surface area (Å²) in [5.74, 6) is 1.21. The number of carbonyl (C=O) groups is 1. The van der Waals surface area contributed by atoms with Gasteiger partial charge in [0, 0.05) is 12.6 Å². The van der Waals surface area contributed by atoms with Crippen LogP contribution in [0.2, 0.25) is 0 Å². The lowest BCUT2D eigenvalue weighted by Crippen LogP contribution is -2.38. The van der Waals surface area contributed by atoms with Crippen molar-refractivity contribution in [3.8, 4) is 0 Å². The molecular formula is C14H26N2O. The van der Waals surface area contributed by atoms with Crippen molar-refractivity contribution in [3.63, 3.8) is 0 Å². The zero-order valence-corrected chi connectivity index (χ0v) is 10.8. The van der Waals surface area contributed by atoms with Crippen molar-refractivity contribution in [3.05, 3.63) is 0 Å². The van der Waals surface area contributed by atoms with Crippen LogP contribution in [-0.2, 0) is 4.79 Å². The summed E-state index contributed by atoms with van der Waals surface area (Å²) >= 11 is 0. The highest BCUT2D eigenvalue weighted by atomic mass is 16.1. The van der Waals surface area contributed by atoms with Crippen LogP contribution >= 0.6 is 0 Å². The number of nitrogens with one attached hydrogen (secondary N) is 1. The molecule has 3 N–H and O–H groups in total. The molecule has 0 aromatic carbocycles. The number of hydrogen-bond acceptors (Lipinski definition) is 2. The minimum absolute atomic E-state index is 0.0847. The summed E-state index contributed by atoms with van der Waals surface area (Å²) in [7, 11) is 0. The van der Waals surface area contributed by atoms with Crippen LogP contribution in [0.3, 0.4) is 0 Å². The van der Waals surface area contributed by atoms with Crippen molar-refractivity contribution < 1.29 is 4.79 Å². The van der Waals surface area contributed by atoms with Gasteiger partial charge in [-0.15, -0.1) is 0 Å². The van der Waals surface area contributed by atoms with Crippen LogP contribution in [0.1, 0.15) is 57.8 Å². The van der Waals surface area contributed by atoms with Crippen LogP contribution in [-0.4, -0.2) is 18.5 Å². The monoisotopic (exact) mass is 238 g/mol. The predicted octanol–water partition coefficient (Wildman–Crippen LogP) is 2.20. The summed E-state index contributed by atoms with van der Waals surface area (Å²) in [5.41, 5.74) is 5.92. The Morgan fingerprint density at radius 2 is 1.88 bits per heavy atom. The summed E-state index contributed by atoms with van der Waals surface area (Å²) in [4.78, 5) is 11.9. The van der Waals surface area contributed by atoms with Gasteiger partial charge in [-0.1, -0.05) is 32.1 Å². The Kier molecular flexibility index (Phi) is 4.84. The normalized spacial score (nSPS) is 29.7. The lowest BCUT2D eigenvalue weighted by molar-refractivity contribution is -0.125. The Hall–Kier alpha value is -0.570. The average Bonchev–Trinajstić information content (AvgIpc) is 2.95. The van der Waals surface area contributed by atoms with Gasteiger partial charge in [-0.05, 0) is 31.6 Å². The number of hydrogen-bond donors (Lipinski definition) is 2. The molecule has 3 heteroatoms. The molecule has 2 unspecified atom stereocenters. The van der Waals surface area contributed by atoms with E-state index in [0.717, 1.165) is 38.1 Å². The van der Waals surface area contributed by atoms with Gasteiger partial charge in [-0.25, -0.2) is 0 Å². The number of amides is 1. The maximum atomic E-state index is 11.9. The molecule has 0 saturated heterocycles. The fourth-order valence-corrected chi connectivity index (χ4v) is 3.35. The van der Waals surface area contributed by atoms with E-state index in [1.807, 2.05) is 0 Å². The first-order chi connectivity index (χ1) is 8.27. The Morgan fingerprint density at radius 1 is 1.12 bits per heavy atom. The number of nitrogens with two attached hydrogens (primary N) is 1. The van der Waals surface area contributed by atoms with Crippen molar-refractivity contribution in [2.24, 2.45) is 17.6 Å². The molecule has 2 saturated carbocycles. The van der Waals surface area contributed by atoms with Gasteiger partial charge in [0.15, 0.2) is 0 Å². The highest BCUT2D eigenvalue weighted by molar-refractivity contribution is 5.79. The van der Waals surface area contributed by atoms with Crippen LogP contribution in [0.15, 0.2) is 0 Å². The second kappa shape index (κ2) is 6.39. The first-order valence-electron chi connectivity index (χ1n) is 7.30. The molecule has 98 valence electrons. The molecular weight excluding hydrogens is 212 g/mol. The highest BCUT2D eigenvalue weighted by Gasteiger charge is 2.29. The molecule has 3 nitrogen and oxygen atoms in total. The third-order valence-electron chi connectivity index (χ3n) is 4.47. The molecule has 0 aromatic rings. The van der Waals surface area contributed by atoms with Crippen LogP contribution in [0.5, 0.6) is 0 Å². The molecule has 0 radical (unpaired) electrons. The molecule has 0 spiro atoms. The van der Waals surface area contributed by atoms with Gasteiger partial charge in [-0.3, -0.25) is 4.79 Å². The van der Waals surface area contributed by atoms with E-state index in [1.165, 1.54) is 32.1 Å². The van der Waals surface area contributed by atoms with Crippen molar-refractivity contribution in [2.45, 2.75) is 63.8 Å². The van der Waals surface area contributed by atoms with Crippen LogP contribution < -0.4 is 11.1 Å². The Labute approximate surface area is 105 Å². The van der Waals surface area contributed by atoms with Gasteiger partial charge in [0.2, 0.25) is 5.91 Å². The largest absolute Gasteiger partial charge is 0.356 e. The van der Waals surface area contributed by atoms with Crippen molar-refractivity contribution in [2.75, 3.05) is 6.54 Å². The van der Waals surface area contributed by atoms with E-state index in [2.05, 4.69) is 5.32 Å². The summed E-state index contributed by atoms with van der Waals surface area (Å²) in [6.07, 6.45) is 11.2. The highest BCUT2D eigenvalue weighted by Crippen LogP contribution is 2.28. The second-order valence-corrected chi connectivity index (χ2v) is 5.78. The topological polar surface area (TPSA) is 55.1 Å². The molecule has 2 rings (SSSR count). The first-order valence-corrected chi connectivity index (χ1v) is 7.30. The summed E-state index contributed by atoms with van der Waals surface area (Å²) in [6, 6.07) is 0.102. The average molecular weight is 238 g/mol. The predicted molar refractivity (Wildman–Crippen MR) is 69.5 cm³/mol. The minimum Gasteiger partial charge on any atom is -0.356 e. The Bertz CT molecular complexity index is 249. The van der Waals surface area contributed by atoms with Gasteiger partial charge in [0.25, 0.3) is 0 Å². The molecule has 2 fully saturated rings. The molecule has 1 amide bonds. The maximum Gasteiger partial charge on any atom is 0.224 e. The zero-order chi connectivity index (χ0) is 12.1. The van der Waals surface area contributed by atoms with E-state index in [-0.39, 0.29) is 17.9 Å². The van der Waals surface area contributed by atoms with E-state index < -0.39 is 0 Å². The molecule has 0 aromatic heterocycles. The molecule has 2 aliphatic rings. The number of carbonyl (C=O) groups excluding carboxylic acids is 1. The van der Waals surface area contributed by atoms with Crippen LogP contribution in [0, 0.1) is 11.8 Å². The van der Waals surface area contributed by atoms with Crippen molar-refractivity contribution in [1.82, 2.24) is 5.32 Å². The van der Waals surface area contributed by atoms with Crippen LogP contribution in [0.4, 0.5) is 0 Å². The third kappa shape index (κ3) is 3.70. The fraction of sp³-hybridized carbons (Fsp3) is 0.929. The summed E-state index contributed by atoms with van der Waals surface area (Å²) < 4.78 is 0. The lowest BCUT2D eigenvalue weighted by Gasteiger charge is -2.15. The summed E-state index contributed by atoms with van der Waals surface area (Å²) in [6.45, 7) is 0.846. The van der Waals surface area contributed by atoms with Gasteiger partial charge < -0.3 is 11.1 Å². The lowest BCUT2D eigenvalue weighted by atomic mass is 10.0. The molecule has 17 heavy (non-hydrogen) atoms. The van der Waals surface area contributed by atoms with Gasteiger partial charge in [0.1, 0.15) is 0 Å². The van der Waals surface area contributed by atoms with Crippen molar-refractivity contribution >= 4 is 5.91 Å². The van der Waals surface area contributed by atoms with E-state index in [1.54, 1.807) is 0 Å². The molecule has 2 aliphatic carbocycles. The Balaban J connectivity index is 1.56. The van der Waals surface area contributed by atoms with E-state index in [0.29, 0.717) is 0 Å². The minimum atomic E-state index is 0.0847. The SMILES string of the molecule is NC1CCCC1C(=O)NCCCC1CCCC1. The number of rotatable bonds is 5. The molecule has 0 aliphatic heterocycles. The standard InChI is InChI=1S/C14H26N2O/c15-13-9-3-8-12(13)14(17)16-10-4-7-11-5-1-2-6-11/h11-13H,1-10,15H2,(H,16,17). The second-order valence-electron chi connectivity index (χ2n) is 5.78. The third-order valence-corrected chi connectivity index (χ3v) is 4.47. The molecule has 0 heterocycles. The Morgan fingerprint density at radius 3 is 2.53 bits per heavy atom. The van der Waals surface area contributed by atoms with E-state index in [4.69, 9.17) is 5.73 Å². The van der Waals surface area contributed by atoms with Crippen molar-refractivity contribution in [1.29, 1.82) is 0 Å². The zero-order valence-electron chi connectivity index (χ0n) is 10.8. The quantitative estimate of drug-likeness (QED) is 0.721. The van der Waals surface area contributed by atoms with Gasteiger partial charge >= 0.3 is 0 Å². The molecule has 0 bridgehead atoms. The van der Waals surface area contributed by atoms with E-state index >= 15 is 0 Å². The maximum absolute atomic E-state index is 11.9. The van der Waals surface area contributed by atoms with Crippen LogP contribution in [0.25, 0.3) is 0 Å². The van der Waals surface area contributed by atoms with Gasteiger partial charge in [-0.2, -0.15) is 0 Å². The molecule has 2 atom stereocenters. The first kappa shape index (κ1) is 12.9. The fourth-order valence-electron chi connectivity index (χ4n) is 3.35. The smallest absolute Gasteiger partial charge is 0.224 e. The van der Waals surface area contributed by atoms with E-state index in [9.17, 15) is 4.79 Å².